The Morgan fingerprint density at radius 3 is 0.887 bits per heavy atom. The largest absolute Gasteiger partial charge is 0.466 e. The average Bonchev–Trinajstić information content (AvgIpc) is 3.46. The van der Waals surface area contributed by atoms with E-state index in [1.54, 1.807) is 0 Å². The number of allylic oxidation sites excluding steroid dienone is 4. The molecule has 0 aromatic carbocycles. The summed E-state index contributed by atoms with van der Waals surface area (Å²) >= 11 is 0. The van der Waals surface area contributed by atoms with Gasteiger partial charge in [0.25, 0.3) is 0 Å². The third-order valence-corrected chi connectivity index (χ3v) is 17.2. The number of hydrogen-bond donors (Lipinski definition) is 3. The van der Waals surface area contributed by atoms with E-state index in [9.17, 15) is 19.8 Å². The fraction of sp³-hybridized carbons (Fsp3) is 0.919. The molecule has 0 fully saturated rings. The zero-order chi connectivity index (χ0) is 57.8. The van der Waals surface area contributed by atoms with Gasteiger partial charge in [0.05, 0.1) is 25.4 Å². The Labute approximate surface area is 501 Å². The van der Waals surface area contributed by atoms with Gasteiger partial charge in [-0.1, -0.05) is 346 Å². The van der Waals surface area contributed by atoms with Crippen LogP contribution in [0.15, 0.2) is 24.3 Å². The average molecular weight is 1130 g/mol. The normalized spacial score (nSPS) is 12.6. The van der Waals surface area contributed by atoms with Crippen molar-refractivity contribution < 1.29 is 24.5 Å². The smallest absolute Gasteiger partial charge is 0.305 e. The van der Waals surface area contributed by atoms with Crippen molar-refractivity contribution in [2.45, 2.75) is 424 Å². The van der Waals surface area contributed by atoms with E-state index < -0.39 is 12.1 Å². The molecule has 0 spiro atoms. The highest BCUT2D eigenvalue weighted by atomic mass is 16.5. The Kier molecular flexibility index (Phi) is 68.4. The molecule has 0 aromatic rings. The highest BCUT2D eigenvalue weighted by Crippen LogP contribution is 2.19. The van der Waals surface area contributed by atoms with Crippen molar-refractivity contribution in [1.29, 1.82) is 0 Å². The van der Waals surface area contributed by atoms with Gasteiger partial charge in [-0.15, -0.1) is 0 Å². The lowest BCUT2D eigenvalue weighted by Crippen LogP contribution is -2.45. The van der Waals surface area contributed by atoms with Crippen molar-refractivity contribution in [1.82, 2.24) is 5.32 Å². The van der Waals surface area contributed by atoms with Gasteiger partial charge in [-0.2, -0.15) is 0 Å². The molecule has 0 aliphatic carbocycles. The van der Waals surface area contributed by atoms with Gasteiger partial charge in [-0.05, 0) is 77.0 Å². The van der Waals surface area contributed by atoms with Gasteiger partial charge < -0.3 is 20.3 Å². The summed E-state index contributed by atoms with van der Waals surface area (Å²) in [5.74, 6) is -0.0190. The zero-order valence-corrected chi connectivity index (χ0v) is 54.3. The van der Waals surface area contributed by atoms with Crippen molar-refractivity contribution >= 4 is 11.9 Å². The minimum absolute atomic E-state index is 0.00983. The molecular weight excluding hydrogens is 983 g/mol. The van der Waals surface area contributed by atoms with E-state index in [2.05, 4.69) is 43.5 Å². The van der Waals surface area contributed by atoms with Crippen LogP contribution in [0, 0.1) is 0 Å². The van der Waals surface area contributed by atoms with Gasteiger partial charge in [0.1, 0.15) is 0 Å². The van der Waals surface area contributed by atoms with Gasteiger partial charge in [0, 0.05) is 12.8 Å². The van der Waals surface area contributed by atoms with Crippen LogP contribution in [0.4, 0.5) is 0 Å². The van der Waals surface area contributed by atoms with Gasteiger partial charge in [0.15, 0.2) is 0 Å². The lowest BCUT2D eigenvalue weighted by Gasteiger charge is -2.22. The number of carbonyl (C=O) groups is 2. The summed E-state index contributed by atoms with van der Waals surface area (Å²) in [5, 5.41) is 23.4. The molecule has 0 heterocycles. The molecular formula is C74H143NO5. The summed E-state index contributed by atoms with van der Waals surface area (Å²) in [5.41, 5.74) is 0. The van der Waals surface area contributed by atoms with E-state index in [1.165, 1.54) is 334 Å². The van der Waals surface area contributed by atoms with Crippen molar-refractivity contribution in [2.24, 2.45) is 0 Å². The number of unbranched alkanes of at least 4 members (excludes halogenated alkanes) is 54. The zero-order valence-electron chi connectivity index (χ0n) is 54.3. The molecule has 0 saturated carbocycles. The van der Waals surface area contributed by atoms with Crippen LogP contribution in [0.1, 0.15) is 412 Å². The molecule has 0 radical (unpaired) electrons. The first kappa shape index (κ1) is 78.3. The number of rotatable bonds is 69. The topological polar surface area (TPSA) is 95.9 Å². The van der Waals surface area contributed by atoms with E-state index in [4.69, 9.17) is 4.74 Å². The lowest BCUT2D eigenvalue weighted by atomic mass is 10.0. The fourth-order valence-corrected chi connectivity index (χ4v) is 11.6. The number of hydrogen-bond acceptors (Lipinski definition) is 5. The summed E-state index contributed by atoms with van der Waals surface area (Å²) in [4.78, 5) is 24.6. The van der Waals surface area contributed by atoms with E-state index in [0.717, 1.165) is 44.9 Å². The maximum absolute atomic E-state index is 12.5. The first-order valence-corrected chi connectivity index (χ1v) is 36.6. The second kappa shape index (κ2) is 69.8. The molecule has 1 amide bonds. The van der Waals surface area contributed by atoms with Crippen LogP contribution in [-0.4, -0.2) is 47.4 Å². The first-order valence-electron chi connectivity index (χ1n) is 36.6. The fourth-order valence-electron chi connectivity index (χ4n) is 11.6. The van der Waals surface area contributed by atoms with Gasteiger partial charge >= 0.3 is 5.97 Å². The summed E-state index contributed by atoms with van der Waals surface area (Å²) in [6, 6.07) is -0.540. The number of amides is 1. The summed E-state index contributed by atoms with van der Waals surface area (Å²) < 4.78 is 5.49. The van der Waals surface area contributed by atoms with E-state index in [-0.39, 0.29) is 18.5 Å². The lowest BCUT2D eigenvalue weighted by molar-refractivity contribution is -0.143. The number of aliphatic hydroxyl groups is 2. The first-order chi connectivity index (χ1) is 39.5. The standard InChI is InChI=1S/C74H143NO5/c1-3-5-7-9-11-13-15-17-19-20-36-39-42-46-50-54-58-62-66-72(77)71(70-76)75-73(78)67-63-59-55-51-47-43-40-37-34-32-30-28-26-24-22-21-23-25-27-29-31-33-35-38-41-45-49-53-57-61-65-69-80-74(79)68-64-60-56-52-48-44-18-16-14-12-10-8-6-4-2/h16,18,23,25,71-72,76-77H,3-15,17,19-22,24,26-70H2,1-2H3,(H,75,78)/b18-16-,25-23-. The van der Waals surface area contributed by atoms with Crippen LogP contribution in [0.5, 0.6) is 0 Å². The molecule has 2 atom stereocenters. The van der Waals surface area contributed by atoms with Gasteiger partial charge in [-0.3, -0.25) is 9.59 Å². The molecule has 2 unspecified atom stereocenters. The number of aliphatic hydroxyl groups excluding tert-OH is 2. The maximum Gasteiger partial charge on any atom is 0.305 e. The second-order valence-electron chi connectivity index (χ2n) is 25.3. The van der Waals surface area contributed by atoms with Crippen LogP contribution in [0.3, 0.4) is 0 Å². The van der Waals surface area contributed by atoms with E-state index in [0.29, 0.717) is 25.9 Å². The molecule has 0 aliphatic rings. The van der Waals surface area contributed by atoms with Gasteiger partial charge in [-0.25, -0.2) is 0 Å². The summed E-state index contributed by atoms with van der Waals surface area (Å²) in [6.45, 7) is 4.98. The van der Waals surface area contributed by atoms with Crippen LogP contribution in [0.2, 0.25) is 0 Å². The monoisotopic (exact) mass is 1130 g/mol. The molecule has 6 nitrogen and oxygen atoms in total. The second-order valence-corrected chi connectivity index (χ2v) is 25.3. The van der Waals surface area contributed by atoms with Crippen molar-refractivity contribution in [3.8, 4) is 0 Å². The maximum atomic E-state index is 12.5. The van der Waals surface area contributed by atoms with Crippen molar-refractivity contribution in [3.63, 3.8) is 0 Å². The third kappa shape index (κ3) is 65.5. The number of carbonyl (C=O) groups excluding carboxylic acids is 2. The Morgan fingerprint density at radius 1 is 0.338 bits per heavy atom. The van der Waals surface area contributed by atoms with Crippen LogP contribution in [-0.2, 0) is 14.3 Å². The van der Waals surface area contributed by atoms with Crippen LogP contribution < -0.4 is 5.32 Å². The SMILES string of the molecule is CCCCCCC/C=C\CCCCCCCC(=O)OCCCCCCCCCCCCCC/C=C\CCCCCCCCCCCCCCCCCC(=O)NC(CO)C(O)CCCCCCCCCCCCCCCCCCCC. The Hall–Kier alpha value is -1.66. The number of nitrogens with one attached hydrogen (secondary N) is 1. The molecule has 80 heavy (non-hydrogen) atoms. The van der Waals surface area contributed by atoms with E-state index >= 15 is 0 Å². The Balaban J connectivity index is 3.36. The number of ether oxygens (including phenoxy) is 1. The van der Waals surface area contributed by atoms with Crippen LogP contribution in [0.25, 0.3) is 0 Å². The predicted octanol–water partition coefficient (Wildman–Crippen LogP) is 23.7. The highest BCUT2D eigenvalue weighted by Gasteiger charge is 2.20. The molecule has 0 rings (SSSR count). The molecule has 0 aromatic heterocycles. The van der Waals surface area contributed by atoms with Crippen molar-refractivity contribution in [2.75, 3.05) is 13.2 Å². The molecule has 0 saturated heterocycles. The molecule has 0 aliphatic heterocycles. The molecule has 3 N–H and O–H groups in total. The number of esters is 1. The highest BCUT2D eigenvalue weighted by molar-refractivity contribution is 5.76. The predicted molar refractivity (Wildman–Crippen MR) is 352 cm³/mol. The van der Waals surface area contributed by atoms with E-state index in [1.807, 2.05) is 0 Å². The molecule has 0 bridgehead atoms. The molecule has 6 heteroatoms. The minimum atomic E-state index is -0.663. The Morgan fingerprint density at radius 2 is 0.588 bits per heavy atom. The summed E-state index contributed by atoms with van der Waals surface area (Å²) in [6.07, 6.45) is 88.1. The van der Waals surface area contributed by atoms with Crippen molar-refractivity contribution in [3.05, 3.63) is 24.3 Å². The Bertz CT molecular complexity index is 1250. The minimum Gasteiger partial charge on any atom is -0.466 e. The molecule has 474 valence electrons. The third-order valence-electron chi connectivity index (χ3n) is 17.2. The summed E-state index contributed by atoms with van der Waals surface area (Å²) in [7, 11) is 0. The quantitative estimate of drug-likeness (QED) is 0.0320. The van der Waals surface area contributed by atoms with Crippen LogP contribution >= 0.6 is 0 Å². The van der Waals surface area contributed by atoms with Gasteiger partial charge in [0.2, 0.25) is 5.91 Å².